The number of carbonyl (C=O) groups excluding carboxylic acids is 1. The number of carbonyl (C=O) groups is 1. The third-order valence-electron chi connectivity index (χ3n) is 6.32. The molecule has 3 aliphatic heterocycles. The van der Waals surface area contributed by atoms with E-state index in [9.17, 15) is 13.2 Å². The number of benzene rings is 2. The van der Waals surface area contributed by atoms with Crippen LogP contribution >= 0.6 is 0 Å². The van der Waals surface area contributed by atoms with Crippen LogP contribution in [0.4, 0.5) is 5.69 Å². The number of hydrogen-bond donors (Lipinski definition) is 2. The minimum atomic E-state index is -3.83. The Balaban J connectivity index is 1.50. The van der Waals surface area contributed by atoms with E-state index in [1.165, 1.54) is 0 Å². The van der Waals surface area contributed by atoms with Crippen molar-refractivity contribution in [1.29, 1.82) is 0 Å². The lowest BCUT2D eigenvalue weighted by Gasteiger charge is -2.44. The third-order valence-corrected chi connectivity index (χ3v) is 7.82. The van der Waals surface area contributed by atoms with E-state index in [0.29, 0.717) is 28.1 Å². The number of rotatable bonds is 5. The maximum absolute atomic E-state index is 13.2. The summed E-state index contributed by atoms with van der Waals surface area (Å²) < 4.78 is 27.3. The van der Waals surface area contributed by atoms with Gasteiger partial charge in [0.05, 0.1) is 11.3 Å². The molecule has 2 aromatic carbocycles. The monoisotopic (exact) mass is 439 g/mol. The van der Waals surface area contributed by atoms with Crippen LogP contribution in [0.1, 0.15) is 28.9 Å². The molecule has 3 N–H and O–H groups in total. The Bertz CT molecular complexity index is 1230. The second-order valence-electron chi connectivity index (χ2n) is 8.43. The number of anilines is 1. The zero-order chi connectivity index (χ0) is 21.6. The average molecular weight is 440 g/mol. The van der Waals surface area contributed by atoms with Crippen molar-refractivity contribution >= 4 is 32.5 Å². The molecule has 9 heteroatoms. The first-order chi connectivity index (χ1) is 14.9. The Morgan fingerprint density at radius 3 is 2.55 bits per heavy atom. The van der Waals surface area contributed by atoms with E-state index < -0.39 is 10.0 Å². The van der Waals surface area contributed by atoms with Gasteiger partial charge in [-0.25, -0.2) is 8.42 Å². The molecule has 3 aliphatic rings. The highest BCUT2D eigenvalue weighted by atomic mass is 32.2. The molecule has 0 aliphatic carbocycles. The molecule has 0 spiro atoms. The van der Waals surface area contributed by atoms with Crippen LogP contribution < -0.4 is 11.1 Å². The van der Waals surface area contributed by atoms with Gasteiger partial charge in [0, 0.05) is 23.7 Å². The summed E-state index contributed by atoms with van der Waals surface area (Å²) >= 11 is 0. The Hall–Kier alpha value is -2.91. The Morgan fingerprint density at radius 1 is 1.13 bits per heavy atom. The van der Waals surface area contributed by atoms with Crippen molar-refractivity contribution in [1.82, 2.24) is 19.4 Å². The predicted octanol–water partition coefficient (Wildman–Crippen LogP) is 1.82. The summed E-state index contributed by atoms with van der Waals surface area (Å²) in [5.74, 6) is -0.118. The third kappa shape index (κ3) is 3.79. The van der Waals surface area contributed by atoms with Crippen molar-refractivity contribution in [3.63, 3.8) is 0 Å². The molecule has 3 saturated heterocycles. The van der Waals surface area contributed by atoms with Gasteiger partial charge in [0.2, 0.25) is 0 Å². The van der Waals surface area contributed by atoms with Crippen LogP contribution in [0, 0.1) is 5.92 Å². The van der Waals surface area contributed by atoms with E-state index in [1.54, 1.807) is 42.5 Å². The summed E-state index contributed by atoms with van der Waals surface area (Å²) in [4.78, 5) is 15.5. The first-order valence-electron chi connectivity index (χ1n) is 10.5. The molecule has 3 aromatic rings. The predicted molar refractivity (Wildman–Crippen MR) is 119 cm³/mol. The van der Waals surface area contributed by atoms with Crippen LogP contribution in [0.2, 0.25) is 0 Å². The topological polar surface area (TPSA) is 110 Å². The van der Waals surface area contributed by atoms with Crippen LogP contribution in [0.3, 0.4) is 0 Å². The fourth-order valence-electron chi connectivity index (χ4n) is 4.70. The van der Waals surface area contributed by atoms with Crippen LogP contribution in [0.15, 0.2) is 48.5 Å². The van der Waals surface area contributed by atoms with Crippen LogP contribution in [0.25, 0.3) is 10.9 Å². The largest absolute Gasteiger partial charge is 0.399 e. The van der Waals surface area contributed by atoms with Gasteiger partial charge in [-0.1, -0.05) is 30.3 Å². The van der Waals surface area contributed by atoms with Crippen molar-refractivity contribution in [2.45, 2.75) is 24.6 Å². The number of nitrogen functional groups attached to an aromatic ring is 1. The molecule has 8 nitrogen and oxygen atoms in total. The molecule has 0 unspecified atom stereocenters. The SMILES string of the molecule is Nc1ccc2c(c1)c(C(=O)N[C@@H]1CN3CCC1CC3)nn2S(=O)(=O)Cc1ccccc1. The molecule has 2 bridgehead atoms. The molecule has 1 atom stereocenters. The van der Waals surface area contributed by atoms with Gasteiger partial charge in [-0.2, -0.15) is 9.19 Å². The van der Waals surface area contributed by atoms with Gasteiger partial charge in [0.15, 0.2) is 5.69 Å². The van der Waals surface area contributed by atoms with Gasteiger partial charge in [-0.05, 0) is 55.6 Å². The van der Waals surface area contributed by atoms with Crippen molar-refractivity contribution < 1.29 is 13.2 Å². The van der Waals surface area contributed by atoms with Gasteiger partial charge in [0.25, 0.3) is 15.9 Å². The lowest BCUT2D eigenvalue weighted by molar-refractivity contribution is 0.0618. The summed E-state index contributed by atoms with van der Waals surface area (Å²) in [6, 6.07) is 13.8. The highest BCUT2D eigenvalue weighted by Crippen LogP contribution is 2.29. The molecule has 6 rings (SSSR count). The Labute approximate surface area is 181 Å². The lowest BCUT2D eigenvalue weighted by atomic mass is 9.84. The highest BCUT2D eigenvalue weighted by molar-refractivity contribution is 7.89. The standard InChI is InChI=1S/C22H25N5O3S/c23-17-6-7-20-18(12-17)21(22(28)24-19-13-26-10-8-16(19)9-11-26)25-27(20)31(29,30)14-15-4-2-1-3-5-15/h1-7,12,16,19H,8-11,13-14,23H2,(H,24,28)/t19-/m1/s1. The van der Waals surface area contributed by atoms with Gasteiger partial charge in [0.1, 0.15) is 0 Å². The minimum Gasteiger partial charge on any atom is -0.399 e. The molecular formula is C22H25N5O3S. The first-order valence-corrected chi connectivity index (χ1v) is 12.1. The van der Waals surface area contributed by atoms with Gasteiger partial charge in [-0.3, -0.25) is 4.79 Å². The summed E-state index contributed by atoms with van der Waals surface area (Å²) in [5, 5.41) is 7.81. The number of nitrogens with two attached hydrogens (primary N) is 1. The van der Waals surface area contributed by atoms with E-state index >= 15 is 0 Å². The summed E-state index contributed by atoms with van der Waals surface area (Å²) in [7, 11) is -3.83. The summed E-state index contributed by atoms with van der Waals surface area (Å²) in [6.07, 6.45) is 2.14. The molecular weight excluding hydrogens is 414 g/mol. The molecule has 3 fully saturated rings. The number of amides is 1. The van der Waals surface area contributed by atoms with Crippen molar-refractivity contribution in [3.8, 4) is 0 Å². The van der Waals surface area contributed by atoms with Gasteiger partial charge in [-0.15, -0.1) is 0 Å². The highest BCUT2D eigenvalue weighted by Gasteiger charge is 2.36. The smallest absolute Gasteiger partial charge is 0.272 e. The first kappa shape index (κ1) is 20.0. The summed E-state index contributed by atoms with van der Waals surface area (Å²) in [6.45, 7) is 2.97. The van der Waals surface area contributed by atoms with Gasteiger partial charge >= 0.3 is 0 Å². The van der Waals surface area contributed by atoms with Crippen molar-refractivity contribution in [2.24, 2.45) is 5.92 Å². The number of nitrogens with one attached hydrogen (secondary N) is 1. The fraction of sp³-hybridized carbons (Fsp3) is 0.364. The lowest BCUT2D eigenvalue weighted by Crippen LogP contribution is -2.57. The maximum Gasteiger partial charge on any atom is 0.272 e. The van der Waals surface area contributed by atoms with Crippen molar-refractivity contribution in [2.75, 3.05) is 25.4 Å². The summed E-state index contributed by atoms with van der Waals surface area (Å²) in [5.41, 5.74) is 7.49. The number of nitrogens with zero attached hydrogens (tertiary/aromatic N) is 3. The molecule has 1 amide bonds. The molecule has 0 radical (unpaired) electrons. The van der Waals surface area contributed by atoms with E-state index in [1.807, 2.05) is 6.07 Å². The van der Waals surface area contributed by atoms with Crippen LogP contribution in [-0.2, 0) is 15.8 Å². The number of aromatic nitrogens is 2. The molecule has 31 heavy (non-hydrogen) atoms. The maximum atomic E-state index is 13.2. The zero-order valence-electron chi connectivity index (χ0n) is 17.1. The zero-order valence-corrected chi connectivity index (χ0v) is 17.9. The molecule has 0 saturated carbocycles. The number of piperidine rings is 3. The second-order valence-corrected chi connectivity index (χ2v) is 10.2. The number of fused-ring (bicyclic) bond motifs is 4. The average Bonchev–Trinajstić information content (AvgIpc) is 3.15. The Kier molecular flexibility index (Phi) is 4.94. The quantitative estimate of drug-likeness (QED) is 0.587. The number of hydrogen-bond acceptors (Lipinski definition) is 6. The molecule has 162 valence electrons. The second kappa shape index (κ2) is 7.65. The Morgan fingerprint density at radius 2 is 1.87 bits per heavy atom. The van der Waals surface area contributed by atoms with Gasteiger partial charge < -0.3 is 16.0 Å². The van der Waals surface area contributed by atoms with E-state index in [0.717, 1.165) is 36.6 Å². The van der Waals surface area contributed by atoms with E-state index in [4.69, 9.17) is 5.73 Å². The fourth-order valence-corrected chi connectivity index (χ4v) is 6.10. The molecule has 1 aromatic heterocycles. The normalized spacial score (nSPS) is 23.2. The van der Waals surface area contributed by atoms with E-state index in [-0.39, 0.29) is 23.4 Å². The van der Waals surface area contributed by atoms with E-state index in [2.05, 4.69) is 15.3 Å². The van der Waals surface area contributed by atoms with Crippen LogP contribution in [-0.4, -0.2) is 54.1 Å². The molecule has 4 heterocycles. The van der Waals surface area contributed by atoms with Crippen molar-refractivity contribution in [3.05, 3.63) is 59.8 Å². The minimum absolute atomic E-state index is 0.0529. The van der Waals surface area contributed by atoms with Crippen LogP contribution in [0.5, 0.6) is 0 Å².